The Hall–Kier alpha value is -1.75. The number of aromatic hydroxyl groups is 1. The van der Waals surface area contributed by atoms with E-state index in [-0.39, 0.29) is 11.7 Å². The predicted molar refractivity (Wildman–Crippen MR) is 61.6 cm³/mol. The van der Waals surface area contributed by atoms with E-state index >= 15 is 0 Å². The molecular weight excluding hydrogens is 208 g/mol. The fraction of sp³-hybridized carbons (Fsp3) is 0.364. The molecule has 0 saturated heterocycles. The number of amides is 1. The minimum absolute atomic E-state index is 0.0423. The Morgan fingerprint density at radius 2 is 2.31 bits per heavy atom. The molecule has 4 N–H and O–H groups in total. The van der Waals surface area contributed by atoms with Gasteiger partial charge in [-0.05, 0) is 26.0 Å². The van der Waals surface area contributed by atoms with Crippen molar-refractivity contribution in [3.05, 3.63) is 18.2 Å². The van der Waals surface area contributed by atoms with Crippen LogP contribution in [0.15, 0.2) is 18.2 Å². The highest BCUT2D eigenvalue weighted by molar-refractivity contribution is 5.94. The fourth-order valence-electron chi connectivity index (χ4n) is 1.12. The van der Waals surface area contributed by atoms with Crippen LogP contribution in [0.3, 0.4) is 0 Å². The summed E-state index contributed by atoms with van der Waals surface area (Å²) in [6, 6.07) is 4.02. The molecule has 16 heavy (non-hydrogen) atoms. The number of rotatable bonds is 4. The lowest BCUT2D eigenvalue weighted by molar-refractivity contribution is -0.117. The first-order valence-electron chi connectivity index (χ1n) is 5.07. The molecule has 0 aliphatic heterocycles. The summed E-state index contributed by atoms with van der Waals surface area (Å²) >= 11 is 0. The maximum atomic E-state index is 11.3. The van der Waals surface area contributed by atoms with Crippen molar-refractivity contribution in [2.24, 2.45) is 5.73 Å². The van der Waals surface area contributed by atoms with E-state index in [0.29, 0.717) is 18.0 Å². The number of nitrogens with one attached hydrogen (secondary N) is 1. The third-order valence-electron chi connectivity index (χ3n) is 1.94. The van der Waals surface area contributed by atoms with Crippen molar-refractivity contribution < 1.29 is 14.6 Å². The number of ether oxygens (including phenoxy) is 1. The summed E-state index contributed by atoms with van der Waals surface area (Å²) < 4.78 is 5.19. The Morgan fingerprint density at radius 3 is 2.88 bits per heavy atom. The quantitative estimate of drug-likeness (QED) is 0.668. The zero-order chi connectivity index (χ0) is 12.1. The molecule has 0 heterocycles. The maximum Gasteiger partial charge on any atom is 0.241 e. The van der Waals surface area contributed by atoms with Crippen molar-refractivity contribution in [1.82, 2.24) is 0 Å². The number of benzene rings is 1. The van der Waals surface area contributed by atoms with Crippen LogP contribution in [0.5, 0.6) is 11.5 Å². The molecule has 0 spiro atoms. The number of anilines is 1. The lowest BCUT2D eigenvalue weighted by Gasteiger charge is -2.10. The molecule has 1 rings (SSSR count). The van der Waals surface area contributed by atoms with Crippen molar-refractivity contribution in [2.75, 3.05) is 11.9 Å². The first-order chi connectivity index (χ1) is 7.54. The van der Waals surface area contributed by atoms with Crippen LogP contribution in [0.1, 0.15) is 13.8 Å². The van der Waals surface area contributed by atoms with Crippen LogP contribution in [-0.4, -0.2) is 23.7 Å². The van der Waals surface area contributed by atoms with Gasteiger partial charge >= 0.3 is 0 Å². The SMILES string of the molecule is CCOc1cc(NC(=O)[C@H](C)N)ccc1O. The molecule has 0 bridgehead atoms. The molecule has 5 heteroatoms. The van der Waals surface area contributed by atoms with Crippen LogP contribution >= 0.6 is 0 Å². The van der Waals surface area contributed by atoms with Gasteiger partial charge in [-0.3, -0.25) is 4.79 Å². The van der Waals surface area contributed by atoms with E-state index in [1.54, 1.807) is 19.1 Å². The van der Waals surface area contributed by atoms with Crippen molar-refractivity contribution in [1.29, 1.82) is 0 Å². The standard InChI is InChI=1S/C11H16N2O3/c1-3-16-10-6-8(4-5-9(10)14)13-11(15)7(2)12/h4-7,14H,3,12H2,1-2H3,(H,13,15)/t7-/m0/s1. The van der Waals surface area contributed by atoms with E-state index in [4.69, 9.17) is 10.5 Å². The molecule has 1 atom stereocenters. The lowest BCUT2D eigenvalue weighted by Crippen LogP contribution is -2.32. The summed E-state index contributed by atoms with van der Waals surface area (Å²) in [5.74, 6) is 0.0961. The number of phenolic OH excluding ortho intramolecular Hbond substituents is 1. The Balaban J connectivity index is 2.82. The summed E-state index contributed by atoms with van der Waals surface area (Å²) in [7, 11) is 0. The van der Waals surface area contributed by atoms with Crippen LogP contribution in [0.25, 0.3) is 0 Å². The first kappa shape index (κ1) is 12.3. The Labute approximate surface area is 94.2 Å². The number of nitrogens with two attached hydrogens (primary N) is 1. The van der Waals surface area contributed by atoms with E-state index in [1.807, 2.05) is 6.92 Å². The third-order valence-corrected chi connectivity index (χ3v) is 1.94. The van der Waals surface area contributed by atoms with Gasteiger partial charge in [-0.2, -0.15) is 0 Å². The van der Waals surface area contributed by atoms with E-state index in [2.05, 4.69) is 5.32 Å². The molecule has 1 aromatic carbocycles. The third kappa shape index (κ3) is 3.13. The molecule has 0 aromatic heterocycles. The van der Waals surface area contributed by atoms with Crippen molar-refractivity contribution in [3.63, 3.8) is 0 Å². The van der Waals surface area contributed by atoms with E-state index in [1.165, 1.54) is 6.07 Å². The molecule has 0 aliphatic carbocycles. The molecule has 0 radical (unpaired) electrons. The molecule has 5 nitrogen and oxygen atoms in total. The van der Waals surface area contributed by atoms with E-state index in [0.717, 1.165) is 0 Å². The highest BCUT2D eigenvalue weighted by Crippen LogP contribution is 2.28. The number of phenols is 1. The van der Waals surface area contributed by atoms with Gasteiger partial charge in [0.05, 0.1) is 12.6 Å². The van der Waals surface area contributed by atoms with Crippen LogP contribution in [0.4, 0.5) is 5.69 Å². The van der Waals surface area contributed by atoms with Gasteiger partial charge in [0.15, 0.2) is 11.5 Å². The van der Waals surface area contributed by atoms with Crippen LogP contribution in [0, 0.1) is 0 Å². The number of hydrogen-bond acceptors (Lipinski definition) is 4. The lowest BCUT2D eigenvalue weighted by atomic mass is 10.2. The predicted octanol–water partition coefficient (Wildman–Crippen LogP) is 1.08. The highest BCUT2D eigenvalue weighted by Gasteiger charge is 2.09. The smallest absolute Gasteiger partial charge is 0.241 e. The molecular formula is C11H16N2O3. The highest BCUT2D eigenvalue weighted by atomic mass is 16.5. The fourth-order valence-corrected chi connectivity index (χ4v) is 1.12. The van der Waals surface area contributed by atoms with E-state index < -0.39 is 6.04 Å². The van der Waals surface area contributed by atoms with E-state index in [9.17, 15) is 9.90 Å². The number of hydrogen-bond donors (Lipinski definition) is 3. The van der Waals surface area contributed by atoms with Crippen molar-refractivity contribution in [3.8, 4) is 11.5 Å². The second-order valence-corrected chi connectivity index (χ2v) is 3.39. The van der Waals surface area contributed by atoms with Gasteiger partial charge in [-0.1, -0.05) is 0 Å². The van der Waals surface area contributed by atoms with Gasteiger partial charge in [-0.25, -0.2) is 0 Å². The van der Waals surface area contributed by atoms with Crippen molar-refractivity contribution >= 4 is 11.6 Å². The van der Waals surface area contributed by atoms with Crippen LogP contribution in [0.2, 0.25) is 0 Å². The van der Waals surface area contributed by atoms with Gasteiger partial charge in [0, 0.05) is 11.8 Å². The van der Waals surface area contributed by atoms with Gasteiger partial charge < -0.3 is 20.9 Å². The minimum Gasteiger partial charge on any atom is -0.504 e. The summed E-state index contributed by atoms with van der Waals surface area (Å²) in [4.78, 5) is 11.3. The Morgan fingerprint density at radius 1 is 1.62 bits per heavy atom. The van der Waals surface area contributed by atoms with Gasteiger partial charge in [-0.15, -0.1) is 0 Å². The van der Waals surface area contributed by atoms with Gasteiger partial charge in [0.25, 0.3) is 0 Å². The van der Waals surface area contributed by atoms with Gasteiger partial charge in [0.1, 0.15) is 0 Å². The van der Waals surface area contributed by atoms with Crippen LogP contribution in [-0.2, 0) is 4.79 Å². The molecule has 0 fully saturated rings. The summed E-state index contributed by atoms with van der Waals surface area (Å²) in [6.45, 7) is 3.85. The zero-order valence-electron chi connectivity index (χ0n) is 9.36. The zero-order valence-corrected chi connectivity index (χ0v) is 9.36. The Bertz CT molecular complexity index is 377. The normalized spacial score (nSPS) is 11.9. The monoisotopic (exact) mass is 224 g/mol. The molecule has 1 aromatic rings. The molecule has 0 unspecified atom stereocenters. The molecule has 1 amide bonds. The second-order valence-electron chi connectivity index (χ2n) is 3.39. The summed E-state index contributed by atoms with van der Waals surface area (Å²) in [6.07, 6.45) is 0. The molecule has 0 saturated carbocycles. The van der Waals surface area contributed by atoms with Gasteiger partial charge in [0.2, 0.25) is 5.91 Å². The number of carbonyl (C=O) groups excluding carboxylic acids is 1. The number of carbonyl (C=O) groups is 1. The average molecular weight is 224 g/mol. The first-order valence-corrected chi connectivity index (χ1v) is 5.07. The summed E-state index contributed by atoms with van der Waals surface area (Å²) in [5.41, 5.74) is 5.96. The Kier molecular flexibility index (Phi) is 4.13. The van der Waals surface area contributed by atoms with Crippen LogP contribution < -0.4 is 15.8 Å². The maximum absolute atomic E-state index is 11.3. The van der Waals surface area contributed by atoms with Crippen molar-refractivity contribution in [2.45, 2.75) is 19.9 Å². The summed E-state index contributed by atoms with van der Waals surface area (Å²) in [5, 5.41) is 12.1. The second kappa shape index (κ2) is 5.37. The average Bonchev–Trinajstić information content (AvgIpc) is 2.23. The molecule has 0 aliphatic rings. The molecule has 88 valence electrons. The minimum atomic E-state index is -0.579. The largest absolute Gasteiger partial charge is 0.504 e. The topological polar surface area (TPSA) is 84.6 Å².